The van der Waals surface area contributed by atoms with E-state index in [-0.39, 0.29) is 0 Å². The summed E-state index contributed by atoms with van der Waals surface area (Å²) in [4.78, 5) is 3.11. The average molecular weight is 260 g/mol. The number of hydrogen-bond donors (Lipinski definition) is 0. The van der Waals surface area contributed by atoms with Crippen molar-refractivity contribution in [2.45, 2.75) is 58.3 Å². The first-order valence-corrected chi connectivity index (χ1v) is 8.05. The maximum absolute atomic E-state index is 2.36. The molecule has 0 radical (unpaired) electrons. The molecule has 0 spiro atoms. The van der Waals surface area contributed by atoms with Gasteiger partial charge >= 0.3 is 0 Å². The van der Waals surface area contributed by atoms with Crippen molar-refractivity contribution in [3.63, 3.8) is 0 Å². The van der Waals surface area contributed by atoms with Gasteiger partial charge in [-0.2, -0.15) is 0 Å². The molecule has 1 aromatic heterocycles. The lowest BCUT2D eigenvalue weighted by Crippen LogP contribution is -1.94. The molecule has 0 saturated carbocycles. The molecule has 0 saturated heterocycles. The zero-order valence-electron chi connectivity index (χ0n) is 11.6. The first-order chi connectivity index (χ1) is 8.79. The van der Waals surface area contributed by atoms with E-state index < -0.39 is 0 Å². The van der Waals surface area contributed by atoms with Crippen LogP contribution in [0.2, 0.25) is 0 Å². The molecule has 0 nitrogen and oxygen atoms in total. The number of aryl methyl sites for hydroxylation is 1. The largest absolute Gasteiger partial charge is 0.145 e. The van der Waals surface area contributed by atoms with Gasteiger partial charge in [0.2, 0.25) is 0 Å². The topological polar surface area (TPSA) is 0 Å². The summed E-state index contributed by atoms with van der Waals surface area (Å²) in [5, 5.41) is 0. The fourth-order valence-electron chi connectivity index (χ4n) is 2.39. The van der Waals surface area contributed by atoms with Gasteiger partial charge in [-0.1, -0.05) is 50.0 Å². The number of thiophene rings is 1. The maximum Gasteiger partial charge on any atom is 0.0150 e. The van der Waals surface area contributed by atoms with Crippen molar-refractivity contribution in [1.29, 1.82) is 0 Å². The number of rotatable bonds is 6. The van der Waals surface area contributed by atoms with Gasteiger partial charge in [-0.05, 0) is 38.3 Å². The number of unbranched alkanes of at least 4 members (excludes halogenated alkanes) is 3. The summed E-state index contributed by atoms with van der Waals surface area (Å²) in [5.74, 6) is 0.628. The van der Waals surface area contributed by atoms with Gasteiger partial charge in [0.1, 0.15) is 0 Å². The second kappa shape index (κ2) is 6.94. The number of allylic oxidation sites excluding steroid dienone is 4. The van der Waals surface area contributed by atoms with Gasteiger partial charge in [0.25, 0.3) is 0 Å². The van der Waals surface area contributed by atoms with Crippen LogP contribution in [-0.4, -0.2) is 0 Å². The van der Waals surface area contributed by atoms with E-state index in [2.05, 4.69) is 44.2 Å². The van der Waals surface area contributed by atoms with Crippen LogP contribution >= 0.6 is 11.3 Å². The maximum atomic E-state index is 2.36. The molecule has 0 amide bonds. The second-order valence-corrected chi connectivity index (χ2v) is 6.46. The van der Waals surface area contributed by atoms with Gasteiger partial charge in [0.05, 0.1) is 0 Å². The summed E-state index contributed by atoms with van der Waals surface area (Å²) in [6.07, 6.45) is 14.9. The Morgan fingerprint density at radius 2 is 2.11 bits per heavy atom. The SMILES string of the molecule is CCCCCCc1ccc(C2C=CC(C)=CC2)s1. The zero-order chi connectivity index (χ0) is 12.8. The van der Waals surface area contributed by atoms with Crippen LogP contribution in [0.4, 0.5) is 0 Å². The van der Waals surface area contributed by atoms with Gasteiger partial charge in [0.15, 0.2) is 0 Å². The predicted octanol–water partition coefficient (Wildman–Crippen LogP) is 5.86. The molecule has 1 atom stereocenters. The Kier molecular flexibility index (Phi) is 5.25. The van der Waals surface area contributed by atoms with Crippen molar-refractivity contribution >= 4 is 11.3 Å². The van der Waals surface area contributed by atoms with Crippen LogP contribution in [0.5, 0.6) is 0 Å². The molecule has 1 heterocycles. The van der Waals surface area contributed by atoms with E-state index in [9.17, 15) is 0 Å². The number of hydrogen-bond acceptors (Lipinski definition) is 1. The summed E-state index contributed by atoms with van der Waals surface area (Å²) >= 11 is 2.02. The summed E-state index contributed by atoms with van der Waals surface area (Å²) in [7, 11) is 0. The Hall–Kier alpha value is -0.820. The highest BCUT2D eigenvalue weighted by molar-refractivity contribution is 7.12. The van der Waals surface area contributed by atoms with Gasteiger partial charge < -0.3 is 0 Å². The molecule has 0 aromatic carbocycles. The highest BCUT2D eigenvalue weighted by atomic mass is 32.1. The van der Waals surface area contributed by atoms with Gasteiger partial charge in [-0.25, -0.2) is 0 Å². The molecule has 98 valence electrons. The third-order valence-corrected chi connectivity index (χ3v) is 4.89. The summed E-state index contributed by atoms with van der Waals surface area (Å²) in [5.41, 5.74) is 1.41. The summed E-state index contributed by atoms with van der Waals surface area (Å²) < 4.78 is 0. The molecule has 1 unspecified atom stereocenters. The quantitative estimate of drug-likeness (QED) is 0.562. The molecule has 18 heavy (non-hydrogen) atoms. The van der Waals surface area contributed by atoms with Gasteiger partial charge in [0, 0.05) is 15.7 Å². The third-order valence-electron chi connectivity index (χ3n) is 3.61. The Bertz CT molecular complexity index is 423. The van der Waals surface area contributed by atoms with E-state index in [1.807, 2.05) is 11.3 Å². The van der Waals surface area contributed by atoms with Crippen LogP contribution in [0.15, 0.2) is 35.9 Å². The normalized spacial score (nSPS) is 19.0. The summed E-state index contributed by atoms with van der Waals surface area (Å²) in [6, 6.07) is 4.67. The van der Waals surface area contributed by atoms with Crippen molar-refractivity contribution in [2.75, 3.05) is 0 Å². The van der Waals surface area contributed by atoms with Crippen LogP contribution in [0.1, 0.15) is 61.6 Å². The van der Waals surface area contributed by atoms with Crippen LogP contribution in [-0.2, 0) is 6.42 Å². The van der Waals surface area contributed by atoms with Crippen molar-refractivity contribution in [1.82, 2.24) is 0 Å². The lowest BCUT2D eigenvalue weighted by Gasteiger charge is -2.12. The second-order valence-electron chi connectivity index (χ2n) is 5.26. The van der Waals surface area contributed by atoms with Crippen molar-refractivity contribution < 1.29 is 0 Å². The molecule has 0 bridgehead atoms. The molecule has 0 fully saturated rings. The molecule has 0 aliphatic heterocycles. The molecule has 1 aromatic rings. The monoisotopic (exact) mass is 260 g/mol. The Morgan fingerprint density at radius 1 is 1.22 bits per heavy atom. The average Bonchev–Trinajstić information content (AvgIpc) is 2.84. The predicted molar refractivity (Wildman–Crippen MR) is 82.4 cm³/mol. The molecule has 1 aliphatic carbocycles. The fraction of sp³-hybridized carbons (Fsp3) is 0.529. The minimum absolute atomic E-state index is 0.628. The fourth-order valence-corrected chi connectivity index (χ4v) is 3.54. The van der Waals surface area contributed by atoms with Crippen LogP contribution in [0.25, 0.3) is 0 Å². The molecule has 0 N–H and O–H groups in total. The van der Waals surface area contributed by atoms with Crippen molar-refractivity contribution in [2.24, 2.45) is 0 Å². The Morgan fingerprint density at radius 3 is 2.83 bits per heavy atom. The molecular formula is C17H24S. The van der Waals surface area contributed by atoms with Crippen LogP contribution in [0, 0.1) is 0 Å². The first kappa shape index (κ1) is 13.6. The minimum Gasteiger partial charge on any atom is -0.145 e. The lowest BCUT2D eigenvalue weighted by atomic mass is 9.96. The van der Waals surface area contributed by atoms with Crippen molar-refractivity contribution in [3.8, 4) is 0 Å². The highest BCUT2D eigenvalue weighted by Gasteiger charge is 2.12. The zero-order valence-corrected chi connectivity index (χ0v) is 12.4. The van der Waals surface area contributed by atoms with Crippen LogP contribution < -0.4 is 0 Å². The Balaban J connectivity index is 1.85. The van der Waals surface area contributed by atoms with E-state index in [0.29, 0.717) is 5.92 Å². The highest BCUT2D eigenvalue weighted by Crippen LogP contribution is 2.32. The molecule has 1 heteroatoms. The molecule has 1 aliphatic rings. The smallest absolute Gasteiger partial charge is 0.0150 e. The van der Waals surface area contributed by atoms with Gasteiger partial charge in [-0.15, -0.1) is 11.3 Å². The van der Waals surface area contributed by atoms with E-state index in [0.717, 1.165) is 0 Å². The lowest BCUT2D eigenvalue weighted by molar-refractivity contribution is 0.670. The van der Waals surface area contributed by atoms with E-state index in [4.69, 9.17) is 0 Å². The minimum atomic E-state index is 0.628. The van der Waals surface area contributed by atoms with E-state index >= 15 is 0 Å². The standard InChI is InChI=1S/C17H24S/c1-3-4-5-6-7-16-12-13-17(18-16)15-10-8-14(2)9-11-15/h8-10,12-13,15H,3-7,11H2,1-2H3. The van der Waals surface area contributed by atoms with Crippen molar-refractivity contribution in [3.05, 3.63) is 45.7 Å². The van der Waals surface area contributed by atoms with Gasteiger partial charge in [-0.3, -0.25) is 0 Å². The molecule has 2 rings (SSSR count). The van der Waals surface area contributed by atoms with Crippen LogP contribution in [0.3, 0.4) is 0 Å². The first-order valence-electron chi connectivity index (χ1n) is 7.23. The Labute approximate surface area is 115 Å². The van der Waals surface area contributed by atoms with E-state index in [1.165, 1.54) is 44.1 Å². The van der Waals surface area contributed by atoms with E-state index in [1.54, 1.807) is 9.75 Å². The molecular weight excluding hydrogens is 236 g/mol. The summed E-state index contributed by atoms with van der Waals surface area (Å²) in [6.45, 7) is 4.45. The third kappa shape index (κ3) is 3.84.